The summed E-state index contributed by atoms with van der Waals surface area (Å²) in [5.74, 6) is 1.57. The molecular formula is C26H32N6O2S. The minimum atomic E-state index is -0.113. The van der Waals surface area contributed by atoms with Crippen LogP contribution < -0.4 is 10.2 Å². The second-order valence-corrected chi connectivity index (χ2v) is 9.29. The Bertz CT molecular complexity index is 1090. The Kier molecular flexibility index (Phi) is 9.05. The fourth-order valence-electron chi connectivity index (χ4n) is 3.88. The second kappa shape index (κ2) is 12.6. The van der Waals surface area contributed by atoms with Crippen molar-refractivity contribution < 1.29 is 9.53 Å². The summed E-state index contributed by atoms with van der Waals surface area (Å²) in [6.45, 7) is 8.17. The Morgan fingerprint density at radius 1 is 1.06 bits per heavy atom. The van der Waals surface area contributed by atoms with Crippen molar-refractivity contribution in [3.63, 3.8) is 0 Å². The maximum atomic E-state index is 12.5. The van der Waals surface area contributed by atoms with Crippen LogP contribution in [0, 0.1) is 0 Å². The quantitative estimate of drug-likeness (QED) is 0.341. The smallest absolute Gasteiger partial charge is 0.251 e. The summed E-state index contributed by atoms with van der Waals surface area (Å²) < 4.78 is 5.34. The van der Waals surface area contributed by atoms with Gasteiger partial charge in [0.05, 0.1) is 24.5 Å². The molecular weight excluding hydrogens is 460 g/mol. The average Bonchev–Trinajstić information content (AvgIpc) is 2.91. The first-order valence-corrected chi connectivity index (χ1v) is 12.9. The molecule has 0 radical (unpaired) electrons. The number of nitrogens with zero attached hydrogens (tertiary/aromatic N) is 5. The first-order chi connectivity index (χ1) is 17.1. The van der Waals surface area contributed by atoms with Crippen molar-refractivity contribution in [3.8, 4) is 0 Å². The third-order valence-corrected chi connectivity index (χ3v) is 6.84. The van der Waals surface area contributed by atoms with Crippen LogP contribution in [0.2, 0.25) is 0 Å². The summed E-state index contributed by atoms with van der Waals surface area (Å²) in [5, 5.41) is 3.65. The molecule has 8 nitrogen and oxygen atoms in total. The van der Waals surface area contributed by atoms with E-state index in [4.69, 9.17) is 9.72 Å². The van der Waals surface area contributed by atoms with Gasteiger partial charge >= 0.3 is 0 Å². The number of anilines is 1. The molecule has 2 aromatic heterocycles. The van der Waals surface area contributed by atoms with E-state index in [1.54, 1.807) is 25.1 Å². The molecule has 0 unspecified atom stereocenters. The van der Waals surface area contributed by atoms with Gasteiger partial charge in [0.25, 0.3) is 5.91 Å². The number of carbonyl (C=O) groups is 1. The Morgan fingerprint density at radius 2 is 1.86 bits per heavy atom. The molecule has 4 rings (SSSR count). The van der Waals surface area contributed by atoms with Gasteiger partial charge in [0.15, 0.2) is 5.16 Å². The number of piperazine rings is 1. The number of carbonyl (C=O) groups excluding carboxylic acids is 1. The fourth-order valence-corrected chi connectivity index (χ4v) is 4.70. The van der Waals surface area contributed by atoms with Crippen molar-refractivity contribution in [1.29, 1.82) is 0 Å². The van der Waals surface area contributed by atoms with Gasteiger partial charge in [-0.2, -0.15) is 0 Å². The van der Waals surface area contributed by atoms with Crippen LogP contribution in [0.25, 0.3) is 0 Å². The SMILES string of the molecule is CCN1CCN(c2cc(COC)nc(SCc3ccc(C(=O)NCc4ccccn4)cc3)n2)CC1. The number of nitrogens with one attached hydrogen (secondary N) is 1. The molecule has 184 valence electrons. The average molecular weight is 493 g/mol. The van der Waals surface area contributed by atoms with Gasteiger partial charge in [0.2, 0.25) is 0 Å². The zero-order chi connectivity index (χ0) is 24.5. The number of amides is 1. The molecule has 0 saturated carbocycles. The third kappa shape index (κ3) is 7.24. The van der Waals surface area contributed by atoms with Crippen LogP contribution in [0.4, 0.5) is 5.82 Å². The van der Waals surface area contributed by atoms with Crippen molar-refractivity contribution in [1.82, 2.24) is 25.2 Å². The van der Waals surface area contributed by atoms with E-state index in [0.29, 0.717) is 18.7 Å². The first kappa shape index (κ1) is 25.1. The van der Waals surface area contributed by atoms with Crippen LogP contribution in [-0.2, 0) is 23.6 Å². The third-order valence-electron chi connectivity index (χ3n) is 5.92. The topological polar surface area (TPSA) is 83.5 Å². The van der Waals surface area contributed by atoms with E-state index in [2.05, 4.69) is 32.0 Å². The van der Waals surface area contributed by atoms with Crippen LogP contribution in [-0.4, -0.2) is 65.6 Å². The van der Waals surface area contributed by atoms with Crippen molar-refractivity contribution in [2.24, 2.45) is 0 Å². The number of rotatable bonds is 10. The highest BCUT2D eigenvalue weighted by molar-refractivity contribution is 7.98. The lowest BCUT2D eigenvalue weighted by molar-refractivity contribution is 0.0950. The molecule has 1 amide bonds. The highest BCUT2D eigenvalue weighted by atomic mass is 32.2. The van der Waals surface area contributed by atoms with E-state index < -0.39 is 0 Å². The van der Waals surface area contributed by atoms with Gasteiger partial charge in [0.1, 0.15) is 5.82 Å². The molecule has 0 bridgehead atoms. The lowest BCUT2D eigenvalue weighted by Gasteiger charge is -2.34. The summed E-state index contributed by atoms with van der Waals surface area (Å²) in [6, 6.07) is 15.3. The molecule has 0 aliphatic carbocycles. The minimum Gasteiger partial charge on any atom is -0.378 e. The number of ether oxygens (including phenoxy) is 1. The lowest BCUT2D eigenvalue weighted by Crippen LogP contribution is -2.46. The van der Waals surface area contributed by atoms with Gasteiger partial charge in [-0.1, -0.05) is 36.9 Å². The van der Waals surface area contributed by atoms with Gasteiger partial charge < -0.3 is 19.9 Å². The van der Waals surface area contributed by atoms with E-state index in [1.807, 2.05) is 48.5 Å². The van der Waals surface area contributed by atoms with Gasteiger partial charge in [0, 0.05) is 56.9 Å². The molecule has 1 aromatic carbocycles. The Labute approximate surface area is 211 Å². The van der Waals surface area contributed by atoms with E-state index >= 15 is 0 Å². The van der Waals surface area contributed by atoms with E-state index in [9.17, 15) is 4.79 Å². The molecule has 0 spiro atoms. The number of likely N-dealkylation sites (N-methyl/N-ethyl adjacent to an activating group) is 1. The number of methoxy groups -OCH3 is 1. The van der Waals surface area contributed by atoms with Gasteiger partial charge in [-0.3, -0.25) is 9.78 Å². The largest absolute Gasteiger partial charge is 0.378 e. The first-order valence-electron chi connectivity index (χ1n) is 11.9. The fraction of sp³-hybridized carbons (Fsp3) is 0.385. The predicted molar refractivity (Wildman–Crippen MR) is 138 cm³/mol. The predicted octanol–water partition coefficient (Wildman–Crippen LogP) is 3.38. The molecule has 9 heteroatoms. The minimum absolute atomic E-state index is 0.113. The van der Waals surface area contributed by atoms with Gasteiger partial charge in [-0.15, -0.1) is 0 Å². The number of hydrogen-bond acceptors (Lipinski definition) is 8. The van der Waals surface area contributed by atoms with Crippen molar-refractivity contribution >= 4 is 23.5 Å². The van der Waals surface area contributed by atoms with Crippen LogP contribution in [0.3, 0.4) is 0 Å². The monoisotopic (exact) mass is 492 g/mol. The number of thioether (sulfide) groups is 1. The normalized spacial score (nSPS) is 14.2. The highest BCUT2D eigenvalue weighted by Crippen LogP contribution is 2.24. The Balaban J connectivity index is 1.35. The van der Waals surface area contributed by atoms with Gasteiger partial charge in [-0.25, -0.2) is 9.97 Å². The van der Waals surface area contributed by atoms with E-state index in [1.165, 1.54) is 0 Å². The summed E-state index contributed by atoms with van der Waals surface area (Å²) in [6.07, 6.45) is 1.72. The molecule has 3 heterocycles. The van der Waals surface area contributed by atoms with Crippen molar-refractivity contribution in [3.05, 3.63) is 77.2 Å². The zero-order valence-corrected chi connectivity index (χ0v) is 21.1. The second-order valence-electron chi connectivity index (χ2n) is 8.34. The summed E-state index contributed by atoms with van der Waals surface area (Å²) in [4.78, 5) is 31.0. The number of benzene rings is 1. The van der Waals surface area contributed by atoms with E-state index in [-0.39, 0.29) is 5.91 Å². The standard InChI is InChI=1S/C26H32N6O2S/c1-3-31-12-14-32(15-13-31)24-16-23(18-34-2)29-26(30-24)35-19-20-7-9-21(10-8-20)25(33)28-17-22-6-4-5-11-27-22/h4-11,16H,3,12-15,17-19H2,1-2H3,(H,28,33). The zero-order valence-electron chi connectivity index (χ0n) is 20.3. The number of hydrogen-bond donors (Lipinski definition) is 1. The summed E-state index contributed by atoms with van der Waals surface area (Å²) in [7, 11) is 1.68. The molecule has 35 heavy (non-hydrogen) atoms. The Hall–Kier alpha value is -3.01. The van der Waals surface area contributed by atoms with Crippen LogP contribution in [0.5, 0.6) is 0 Å². The van der Waals surface area contributed by atoms with Crippen LogP contribution in [0.15, 0.2) is 59.9 Å². The molecule has 3 aromatic rings. The molecule has 1 saturated heterocycles. The van der Waals surface area contributed by atoms with Crippen LogP contribution in [0.1, 0.15) is 34.2 Å². The molecule has 1 aliphatic heterocycles. The van der Waals surface area contributed by atoms with E-state index in [0.717, 1.165) is 66.4 Å². The molecule has 1 aliphatic rings. The molecule has 1 N–H and O–H groups in total. The van der Waals surface area contributed by atoms with Crippen LogP contribution >= 0.6 is 11.8 Å². The van der Waals surface area contributed by atoms with Crippen molar-refractivity contribution in [2.75, 3.05) is 44.7 Å². The maximum Gasteiger partial charge on any atom is 0.251 e. The lowest BCUT2D eigenvalue weighted by atomic mass is 10.1. The Morgan fingerprint density at radius 3 is 2.54 bits per heavy atom. The summed E-state index contributed by atoms with van der Waals surface area (Å²) in [5.41, 5.74) is 3.45. The highest BCUT2D eigenvalue weighted by Gasteiger charge is 2.18. The molecule has 0 atom stereocenters. The number of pyridine rings is 1. The number of aromatic nitrogens is 3. The van der Waals surface area contributed by atoms with Gasteiger partial charge in [-0.05, 0) is 36.4 Å². The maximum absolute atomic E-state index is 12.5. The summed E-state index contributed by atoms with van der Waals surface area (Å²) >= 11 is 1.59. The molecule has 1 fully saturated rings. The van der Waals surface area contributed by atoms with Crippen molar-refractivity contribution in [2.45, 2.75) is 31.0 Å².